The number of ether oxygens (including phenoxy) is 1. The van der Waals surface area contributed by atoms with Crippen LogP contribution in [0.25, 0.3) is 0 Å². The third kappa shape index (κ3) is 3.98. The largest absolute Gasteiger partial charge is 0.484 e. The lowest BCUT2D eigenvalue weighted by molar-refractivity contribution is -0.120. The van der Waals surface area contributed by atoms with Crippen molar-refractivity contribution in [2.75, 3.05) is 11.9 Å². The number of carbonyl (C=O) groups excluding carboxylic acids is 2. The number of benzene rings is 1. The van der Waals surface area contributed by atoms with Gasteiger partial charge in [0.25, 0.3) is 5.91 Å². The van der Waals surface area contributed by atoms with Crippen LogP contribution in [0, 0.1) is 5.92 Å². The van der Waals surface area contributed by atoms with E-state index in [-0.39, 0.29) is 18.4 Å². The van der Waals surface area contributed by atoms with Crippen molar-refractivity contribution in [2.24, 2.45) is 11.7 Å². The molecule has 3 N–H and O–H groups in total. The molecule has 0 spiro atoms. The first kappa shape index (κ1) is 13.4. The van der Waals surface area contributed by atoms with E-state index in [1.807, 2.05) is 0 Å². The van der Waals surface area contributed by atoms with E-state index in [1.165, 1.54) is 0 Å². The topological polar surface area (TPSA) is 81.4 Å². The summed E-state index contributed by atoms with van der Waals surface area (Å²) in [5.41, 5.74) is 5.72. The number of hydrogen-bond donors (Lipinski definition) is 2. The van der Waals surface area contributed by atoms with Crippen molar-refractivity contribution in [3.63, 3.8) is 0 Å². The molecule has 102 valence electrons. The fourth-order valence-electron chi connectivity index (χ4n) is 2.22. The number of rotatable bonds is 5. The average molecular weight is 262 g/mol. The van der Waals surface area contributed by atoms with Crippen LogP contribution in [0.2, 0.25) is 0 Å². The van der Waals surface area contributed by atoms with Crippen LogP contribution in [0.15, 0.2) is 24.3 Å². The highest BCUT2D eigenvalue weighted by atomic mass is 16.5. The van der Waals surface area contributed by atoms with Crippen molar-refractivity contribution in [1.82, 2.24) is 0 Å². The summed E-state index contributed by atoms with van der Waals surface area (Å²) in [4.78, 5) is 22.5. The Bertz CT molecular complexity index is 450. The molecule has 1 aromatic rings. The van der Waals surface area contributed by atoms with Crippen LogP contribution < -0.4 is 15.8 Å². The van der Waals surface area contributed by atoms with Gasteiger partial charge >= 0.3 is 0 Å². The van der Waals surface area contributed by atoms with Gasteiger partial charge in [-0.05, 0) is 37.1 Å². The quantitative estimate of drug-likeness (QED) is 0.847. The molecule has 0 bridgehead atoms. The van der Waals surface area contributed by atoms with Crippen molar-refractivity contribution in [3.8, 4) is 5.75 Å². The Kier molecular flexibility index (Phi) is 4.39. The molecule has 1 fully saturated rings. The van der Waals surface area contributed by atoms with Crippen LogP contribution >= 0.6 is 0 Å². The normalized spacial score (nSPS) is 15.2. The maximum atomic E-state index is 11.9. The van der Waals surface area contributed by atoms with Gasteiger partial charge in [-0.3, -0.25) is 9.59 Å². The number of amides is 2. The van der Waals surface area contributed by atoms with Crippen LogP contribution in [-0.4, -0.2) is 18.4 Å². The fraction of sp³-hybridized carbons (Fsp3) is 0.429. The van der Waals surface area contributed by atoms with Gasteiger partial charge in [-0.1, -0.05) is 12.8 Å². The molecule has 1 aliphatic rings. The van der Waals surface area contributed by atoms with Gasteiger partial charge in [0, 0.05) is 11.6 Å². The molecule has 1 aliphatic carbocycles. The van der Waals surface area contributed by atoms with E-state index in [1.54, 1.807) is 24.3 Å². The van der Waals surface area contributed by atoms with Crippen LogP contribution in [0.3, 0.4) is 0 Å². The second kappa shape index (κ2) is 6.22. The Morgan fingerprint density at radius 2 is 1.84 bits per heavy atom. The lowest BCUT2D eigenvalue weighted by Crippen LogP contribution is -2.20. The minimum absolute atomic E-state index is 0.0864. The van der Waals surface area contributed by atoms with Gasteiger partial charge in [0.2, 0.25) is 5.91 Å². The molecule has 0 aliphatic heterocycles. The first-order valence-electron chi connectivity index (χ1n) is 6.47. The van der Waals surface area contributed by atoms with Gasteiger partial charge in [0.15, 0.2) is 6.61 Å². The predicted molar refractivity (Wildman–Crippen MR) is 71.7 cm³/mol. The number of hydrogen-bond acceptors (Lipinski definition) is 3. The zero-order valence-electron chi connectivity index (χ0n) is 10.7. The molecule has 5 heteroatoms. The van der Waals surface area contributed by atoms with Crippen molar-refractivity contribution < 1.29 is 14.3 Å². The first-order valence-corrected chi connectivity index (χ1v) is 6.47. The molecule has 0 aromatic heterocycles. The highest BCUT2D eigenvalue weighted by molar-refractivity contribution is 5.92. The van der Waals surface area contributed by atoms with Crippen LogP contribution in [-0.2, 0) is 9.59 Å². The van der Waals surface area contributed by atoms with Gasteiger partial charge in [0.05, 0.1) is 0 Å². The molecule has 2 rings (SSSR count). The van der Waals surface area contributed by atoms with Gasteiger partial charge in [-0.15, -0.1) is 0 Å². The van der Waals surface area contributed by atoms with Crippen LogP contribution in [0.5, 0.6) is 5.75 Å². The Balaban J connectivity index is 1.87. The van der Waals surface area contributed by atoms with E-state index in [4.69, 9.17) is 10.5 Å². The smallest absolute Gasteiger partial charge is 0.255 e. The van der Waals surface area contributed by atoms with Crippen molar-refractivity contribution >= 4 is 17.5 Å². The Labute approximate surface area is 112 Å². The third-order valence-corrected chi connectivity index (χ3v) is 3.23. The average Bonchev–Trinajstić information content (AvgIpc) is 2.92. The summed E-state index contributed by atoms with van der Waals surface area (Å²) in [5.74, 6) is 0.269. The Hall–Kier alpha value is -2.04. The summed E-state index contributed by atoms with van der Waals surface area (Å²) in [6.07, 6.45) is 4.23. The molecular formula is C14H18N2O3. The second-order valence-electron chi connectivity index (χ2n) is 4.75. The molecule has 19 heavy (non-hydrogen) atoms. The van der Waals surface area contributed by atoms with E-state index in [0.717, 1.165) is 31.4 Å². The van der Waals surface area contributed by atoms with Crippen molar-refractivity contribution in [2.45, 2.75) is 25.7 Å². The summed E-state index contributed by atoms with van der Waals surface area (Å²) in [6.45, 7) is -0.145. The van der Waals surface area contributed by atoms with E-state index in [9.17, 15) is 9.59 Å². The standard InChI is InChI=1S/C14H18N2O3/c15-13(17)9-19-12-7-5-11(6-8-12)16-14(18)10-3-1-2-4-10/h5-8,10H,1-4,9H2,(H2,15,17)(H,16,18). The summed E-state index contributed by atoms with van der Waals surface area (Å²) in [7, 11) is 0. The Morgan fingerprint density at radius 3 is 2.42 bits per heavy atom. The third-order valence-electron chi connectivity index (χ3n) is 3.23. The molecule has 1 aromatic carbocycles. The van der Waals surface area contributed by atoms with E-state index in [2.05, 4.69) is 5.32 Å². The zero-order chi connectivity index (χ0) is 13.7. The molecular weight excluding hydrogens is 244 g/mol. The molecule has 0 saturated heterocycles. The minimum atomic E-state index is -0.515. The molecule has 0 radical (unpaired) electrons. The maximum absolute atomic E-state index is 11.9. The molecule has 1 saturated carbocycles. The minimum Gasteiger partial charge on any atom is -0.484 e. The molecule has 5 nitrogen and oxygen atoms in total. The molecule has 0 atom stereocenters. The number of nitrogens with one attached hydrogen (secondary N) is 1. The van der Waals surface area contributed by atoms with E-state index >= 15 is 0 Å². The van der Waals surface area contributed by atoms with Gasteiger partial charge in [-0.2, -0.15) is 0 Å². The first-order chi connectivity index (χ1) is 9.15. The van der Waals surface area contributed by atoms with Crippen molar-refractivity contribution in [1.29, 1.82) is 0 Å². The SMILES string of the molecule is NC(=O)COc1ccc(NC(=O)C2CCCC2)cc1. The van der Waals surface area contributed by atoms with E-state index in [0.29, 0.717) is 5.75 Å². The summed E-state index contributed by atoms with van der Waals surface area (Å²) >= 11 is 0. The Morgan fingerprint density at radius 1 is 1.21 bits per heavy atom. The molecule has 0 unspecified atom stereocenters. The maximum Gasteiger partial charge on any atom is 0.255 e. The van der Waals surface area contributed by atoms with Gasteiger partial charge in [-0.25, -0.2) is 0 Å². The fourth-order valence-corrected chi connectivity index (χ4v) is 2.22. The molecule has 2 amide bonds. The number of nitrogens with two attached hydrogens (primary N) is 1. The lowest BCUT2D eigenvalue weighted by atomic mass is 10.1. The summed E-state index contributed by atoms with van der Waals surface area (Å²) < 4.78 is 5.14. The van der Waals surface area contributed by atoms with Crippen LogP contribution in [0.1, 0.15) is 25.7 Å². The number of primary amides is 1. The predicted octanol–water partition coefficient (Wildman–Crippen LogP) is 1.68. The number of anilines is 1. The van der Waals surface area contributed by atoms with Gasteiger partial charge < -0.3 is 15.8 Å². The second-order valence-corrected chi connectivity index (χ2v) is 4.75. The lowest BCUT2D eigenvalue weighted by Gasteiger charge is -2.11. The summed E-state index contributed by atoms with van der Waals surface area (Å²) in [6, 6.07) is 6.91. The number of carbonyl (C=O) groups is 2. The zero-order valence-corrected chi connectivity index (χ0v) is 10.7. The summed E-state index contributed by atoms with van der Waals surface area (Å²) in [5, 5.41) is 2.89. The van der Waals surface area contributed by atoms with Gasteiger partial charge in [0.1, 0.15) is 5.75 Å². The van der Waals surface area contributed by atoms with E-state index < -0.39 is 5.91 Å². The monoisotopic (exact) mass is 262 g/mol. The molecule has 0 heterocycles. The van der Waals surface area contributed by atoms with Crippen molar-refractivity contribution in [3.05, 3.63) is 24.3 Å². The highest BCUT2D eigenvalue weighted by Gasteiger charge is 2.22. The van der Waals surface area contributed by atoms with Crippen LogP contribution in [0.4, 0.5) is 5.69 Å². The highest BCUT2D eigenvalue weighted by Crippen LogP contribution is 2.26.